The average molecular weight is 992 g/mol. The van der Waals surface area contributed by atoms with E-state index in [-0.39, 0.29) is 30.0 Å². The molecule has 11 heteroatoms. The van der Waals surface area contributed by atoms with Gasteiger partial charge in [0.15, 0.2) is 5.75 Å². The summed E-state index contributed by atoms with van der Waals surface area (Å²) >= 11 is 8.57. The third-order valence-electron chi connectivity index (χ3n) is 6.06. The molecule has 1 fully saturated rings. The van der Waals surface area contributed by atoms with Gasteiger partial charge in [0.2, 0.25) is 5.91 Å². The molecule has 3 aromatic carbocycles. The highest BCUT2D eigenvalue weighted by Gasteiger charge is 2.40. The molecule has 0 radical (unpaired) electrons. The van der Waals surface area contributed by atoms with Crippen LogP contribution in [-0.2, 0) is 16.0 Å². The van der Waals surface area contributed by atoms with E-state index in [9.17, 15) is 14.7 Å². The second-order valence-electron chi connectivity index (χ2n) is 10.5. The molecule has 4 rings (SSSR count). The normalized spacial score (nSPS) is 17.1. The molecule has 2 amide bonds. The molecule has 7 nitrogen and oxygen atoms in total. The van der Waals surface area contributed by atoms with Crippen molar-refractivity contribution >= 4 is 102 Å². The Morgan fingerprint density at radius 3 is 2.15 bits per heavy atom. The number of ether oxygens (including phenoxy) is 2. The van der Waals surface area contributed by atoms with Gasteiger partial charge in [0.1, 0.15) is 23.1 Å². The number of carbonyl (C=O) groups excluding carboxylic acids is 2. The quantitative estimate of drug-likeness (QED) is 0.201. The number of carbonyl (C=O) groups is 2. The van der Waals surface area contributed by atoms with Gasteiger partial charge in [0, 0.05) is 18.4 Å². The molecule has 1 aliphatic rings. The monoisotopic (exact) mass is 992 g/mol. The Hall–Kier alpha value is -1.08. The van der Waals surface area contributed by atoms with E-state index in [0.717, 1.165) is 19.1 Å². The number of rotatable bonds is 8. The van der Waals surface area contributed by atoms with Gasteiger partial charge in [-0.15, -0.1) is 0 Å². The molecule has 0 bridgehead atoms. The van der Waals surface area contributed by atoms with Crippen LogP contribution in [0.1, 0.15) is 44.2 Å². The van der Waals surface area contributed by atoms with Gasteiger partial charge < -0.3 is 25.2 Å². The fourth-order valence-electron chi connectivity index (χ4n) is 4.15. The number of hydrogen-bond acceptors (Lipinski definition) is 5. The van der Waals surface area contributed by atoms with Crippen molar-refractivity contribution < 1.29 is 24.2 Å². The smallest absolute Gasteiger partial charge is 0.408 e. The molecule has 1 saturated carbocycles. The van der Waals surface area contributed by atoms with Gasteiger partial charge in [-0.2, -0.15) is 0 Å². The van der Waals surface area contributed by atoms with E-state index >= 15 is 0 Å². The lowest BCUT2D eigenvalue weighted by atomic mass is 10.0. The molecule has 212 valence electrons. The number of phenols is 1. The molecule has 0 saturated heterocycles. The molecule has 3 atom stereocenters. The van der Waals surface area contributed by atoms with Crippen molar-refractivity contribution in [3.8, 4) is 17.2 Å². The lowest BCUT2D eigenvalue weighted by Gasteiger charge is -2.24. The molecular formula is C29H28I4N2O5. The van der Waals surface area contributed by atoms with E-state index in [2.05, 4.69) is 113 Å². The van der Waals surface area contributed by atoms with Crippen LogP contribution in [0.4, 0.5) is 4.79 Å². The highest BCUT2D eigenvalue weighted by Crippen LogP contribution is 2.41. The van der Waals surface area contributed by atoms with Crippen molar-refractivity contribution in [2.24, 2.45) is 0 Å². The molecule has 40 heavy (non-hydrogen) atoms. The lowest BCUT2D eigenvalue weighted by Crippen LogP contribution is -2.50. The Kier molecular flexibility index (Phi) is 10.7. The summed E-state index contributed by atoms with van der Waals surface area (Å²) in [5.41, 5.74) is 1.39. The van der Waals surface area contributed by atoms with Crippen LogP contribution in [0.25, 0.3) is 0 Å². The summed E-state index contributed by atoms with van der Waals surface area (Å²) in [7, 11) is 0. The number of benzene rings is 3. The Labute approximate surface area is 288 Å². The van der Waals surface area contributed by atoms with Crippen LogP contribution in [0.2, 0.25) is 0 Å². The molecule has 0 aliphatic heterocycles. The lowest BCUT2D eigenvalue weighted by molar-refractivity contribution is -0.123. The maximum atomic E-state index is 13.4. The molecule has 0 aromatic heterocycles. The van der Waals surface area contributed by atoms with Gasteiger partial charge >= 0.3 is 6.09 Å². The standard InChI is InChI=1S/C29H28I4N2O5/c1-29(2,3)40-28(38)35-24(27(37)34-23-14-18(23)16-7-5-4-6-8-16)11-15-9-21(32)26(22(33)10-15)39-17-12-19(30)25(36)20(31)13-17/h4-10,12-13,18,23-24,36H,11,14H2,1-3H3,(H,34,37)(H,35,38)/t18-,23+,24-/m0/s1. The maximum Gasteiger partial charge on any atom is 0.408 e. The average Bonchev–Trinajstić information content (AvgIpc) is 3.62. The predicted octanol–water partition coefficient (Wildman–Crippen LogP) is 7.71. The number of amides is 2. The molecular weight excluding hydrogens is 964 g/mol. The van der Waals surface area contributed by atoms with Crippen LogP contribution in [0.3, 0.4) is 0 Å². The van der Waals surface area contributed by atoms with Crippen molar-refractivity contribution in [3.05, 3.63) is 80.0 Å². The Morgan fingerprint density at radius 2 is 1.57 bits per heavy atom. The summed E-state index contributed by atoms with van der Waals surface area (Å²) in [6.07, 6.45) is 0.518. The highest BCUT2D eigenvalue weighted by molar-refractivity contribution is 14.1. The number of aromatic hydroxyl groups is 1. The van der Waals surface area contributed by atoms with Gasteiger partial charge in [-0.25, -0.2) is 4.79 Å². The van der Waals surface area contributed by atoms with Gasteiger partial charge in [0.05, 0.1) is 14.3 Å². The molecule has 0 heterocycles. The van der Waals surface area contributed by atoms with Crippen molar-refractivity contribution in [3.63, 3.8) is 0 Å². The molecule has 0 spiro atoms. The molecule has 0 unspecified atom stereocenters. The van der Waals surface area contributed by atoms with Gasteiger partial charge in [-0.1, -0.05) is 30.3 Å². The van der Waals surface area contributed by atoms with Gasteiger partial charge in [0.25, 0.3) is 0 Å². The summed E-state index contributed by atoms with van der Waals surface area (Å²) in [4.78, 5) is 26.1. The molecule has 3 aromatic rings. The zero-order valence-electron chi connectivity index (χ0n) is 21.9. The first-order chi connectivity index (χ1) is 18.8. The van der Waals surface area contributed by atoms with Crippen LogP contribution < -0.4 is 15.4 Å². The summed E-state index contributed by atoms with van der Waals surface area (Å²) in [6, 6.07) is 16.8. The first kappa shape index (κ1) is 31.8. The predicted molar refractivity (Wildman–Crippen MR) is 188 cm³/mol. The summed E-state index contributed by atoms with van der Waals surface area (Å²) < 4.78 is 14.8. The topological polar surface area (TPSA) is 96.9 Å². The number of phenolic OH excluding ortho intramolecular Hbond substituents is 1. The van der Waals surface area contributed by atoms with Gasteiger partial charge in [-0.05, 0) is 153 Å². The van der Waals surface area contributed by atoms with E-state index in [1.54, 1.807) is 32.9 Å². The Balaban J connectivity index is 1.51. The number of halogens is 4. The van der Waals surface area contributed by atoms with E-state index in [1.165, 1.54) is 5.56 Å². The maximum absolute atomic E-state index is 13.4. The van der Waals surface area contributed by atoms with Crippen molar-refractivity contribution in [1.82, 2.24) is 10.6 Å². The van der Waals surface area contributed by atoms with E-state index in [4.69, 9.17) is 9.47 Å². The number of hydrogen-bond donors (Lipinski definition) is 3. The minimum Gasteiger partial charge on any atom is -0.506 e. The van der Waals surface area contributed by atoms with E-state index in [0.29, 0.717) is 18.6 Å². The van der Waals surface area contributed by atoms with Crippen LogP contribution in [0, 0.1) is 14.3 Å². The Bertz CT molecular complexity index is 1370. The van der Waals surface area contributed by atoms with Gasteiger partial charge in [-0.3, -0.25) is 4.79 Å². The van der Waals surface area contributed by atoms with Crippen molar-refractivity contribution in [2.75, 3.05) is 0 Å². The fraction of sp³-hybridized carbons (Fsp3) is 0.310. The second-order valence-corrected chi connectivity index (χ2v) is 15.1. The van der Waals surface area contributed by atoms with Crippen LogP contribution in [0.15, 0.2) is 54.6 Å². The minimum absolute atomic E-state index is 0.0322. The number of nitrogens with one attached hydrogen (secondary N) is 2. The van der Waals surface area contributed by atoms with Crippen molar-refractivity contribution in [2.45, 2.75) is 57.2 Å². The molecule has 3 N–H and O–H groups in total. The zero-order valence-corrected chi connectivity index (χ0v) is 30.6. The second kappa shape index (κ2) is 13.5. The number of alkyl carbamates (subject to hydrolysis) is 1. The molecule has 1 aliphatic carbocycles. The summed E-state index contributed by atoms with van der Waals surface area (Å²) in [6.45, 7) is 5.36. The SMILES string of the molecule is CC(C)(C)OC(=O)N[C@@H](Cc1cc(I)c(Oc2cc(I)c(O)c(I)c2)c(I)c1)C(=O)N[C@@H]1C[C@H]1c1ccccc1. The fourth-order valence-corrected chi connectivity index (χ4v) is 7.98. The van der Waals surface area contributed by atoms with Crippen molar-refractivity contribution in [1.29, 1.82) is 0 Å². The van der Waals surface area contributed by atoms with E-state index < -0.39 is 17.7 Å². The van der Waals surface area contributed by atoms with Crippen LogP contribution in [-0.4, -0.2) is 34.8 Å². The highest BCUT2D eigenvalue weighted by atomic mass is 127. The van der Waals surface area contributed by atoms with Crippen LogP contribution in [0.5, 0.6) is 17.2 Å². The Morgan fingerprint density at radius 1 is 0.975 bits per heavy atom. The first-order valence-electron chi connectivity index (χ1n) is 12.5. The first-order valence-corrected chi connectivity index (χ1v) is 16.8. The largest absolute Gasteiger partial charge is 0.506 e. The third kappa shape index (κ3) is 8.72. The van der Waals surface area contributed by atoms with E-state index in [1.807, 2.05) is 30.3 Å². The minimum atomic E-state index is -0.814. The summed E-state index contributed by atoms with van der Waals surface area (Å²) in [5, 5.41) is 16.0. The van der Waals surface area contributed by atoms with Crippen LogP contribution >= 0.6 is 90.4 Å². The zero-order chi connectivity index (χ0) is 29.2. The summed E-state index contributed by atoms with van der Waals surface area (Å²) in [5.74, 6) is 1.57. The third-order valence-corrected chi connectivity index (χ3v) is 9.31.